The molecule has 0 spiro atoms. The van der Waals surface area contributed by atoms with E-state index in [0.29, 0.717) is 10.8 Å². The Morgan fingerprint density at radius 1 is 1.20 bits per heavy atom. The van der Waals surface area contributed by atoms with Crippen molar-refractivity contribution in [3.05, 3.63) is 46.4 Å². The molecule has 5 nitrogen and oxygen atoms in total. The zero-order chi connectivity index (χ0) is 13.9. The van der Waals surface area contributed by atoms with Crippen molar-refractivity contribution in [3.8, 4) is 10.6 Å². The van der Waals surface area contributed by atoms with Crippen molar-refractivity contribution in [2.75, 3.05) is 5.32 Å². The lowest BCUT2D eigenvalue weighted by molar-refractivity contribution is 0.102. The number of hydrogen-bond acceptors (Lipinski definition) is 6. The lowest BCUT2D eigenvalue weighted by Crippen LogP contribution is -2.12. The summed E-state index contributed by atoms with van der Waals surface area (Å²) >= 11 is 2.72. The van der Waals surface area contributed by atoms with E-state index in [1.807, 2.05) is 31.2 Å². The van der Waals surface area contributed by atoms with Gasteiger partial charge >= 0.3 is 0 Å². The van der Waals surface area contributed by atoms with Gasteiger partial charge < -0.3 is 0 Å². The summed E-state index contributed by atoms with van der Waals surface area (Å²) in [6.07, 6.45) is 0. The van der Waals surface area contributed by atoms with Gasteiger partial charge in [-0.1, -0.05) is 41.2 Å². The quantitative estimate of drug-likeness (QED) is 0.806. The van der Waals surface area contributed by atoms with Gasteiger partial charge in [-0.15, -0.1) is 21.5 Å². The average Bonchev–Trinajstić information content (AvgIpc) is 3.10. The SMILES string of the molecule is Cc1ccc(-c2nc(C(=O)Nc3nncs3)cs2)cc1. The van der Waals surface area contributed by atoms with Crippen LogP contribution in [-0.4, -0.2) is 21.1 Å². The first-order valence-electron chi connectivity index (χ1n) is 5.82. The first-order chi connectivity index (χ1) is 9.72. The van der Waals surface area contributed by atoms with E-state index < -0.39 is 0 Å². The van der Waals surface area contributed by atoms with E-state index >= 15 is 0 Å². The van der Waals surface area contributed by atoms with Crippen molar-refractivity contribution in [1.82, 2.24) is 15.2 Å². The van der Waals surface area contributed by atoms with E-state index in [-0.39, 0.29) is 5.91 Å². The van der Waals surface area contributed by atoms with Crippen LogP contribution in [0.5, 0.6) is 0 Å². The summed E-state index contributed by atoms with van der Waals surface area (Å²) in [5, 5.41) is 13.1. The van der Waals surface area contributed by atoms with Gasteiger partial charge in [-0.25, -0.2) is 4.98 Å². The zero-order valence-electron chi connectivity index (χ0n) is 10.5. The number of rotatable bonds is 3. The van der Waals surface area contributed by atoms with E-state index in [4.69, 9.17) is 0 Å². The summed E-state index contributed by atoms with van der Waals surface area (Å²) in [5.41, 5.74) is 4.16. The molecule has 0 aliphatic heterocycles. The van der Waals surface area contributed by atoms with Crippen LogP contribution in [0.15, 0.2) is 35.2 Å². The van der Waals surface area contributed by atoms with E-state index in [0.717, 1.165) is 10.6 Å². The van der Waals surface area contributed by atoms with Crippen LogP contribution in [-0.2, 0) is 0 Å². The van der Waals surface area contributed by atoms with Crippen molar-refractivity contribution in [1.29, 1.82) is 0 Å². The minimum absolute atomic E-state index is 0.267. The smallest absolute Gasteiger partial charge is 0.276 e. The predicted molar refractivity (Wildman–Crippen MR) is 80.1 cm³/mol. The molecule has 0 unspecified atom stereocenters. The molecule has 1 amide bonds. The van der Waals surface area contributed by atoms with Crippen molar-refractivity contribution in [3.63, 3.8) is 0 Å². The molecule has 0 bridgehead atoms. The number of amides is 1. The van der Waals surface area contributed by atoms with Gasteiger partial charge in [0.25, 0.3) is 5.91 Å². The Morgan fingerprint density at radius 2 is 2.00 bits per heavy atom. The topological polar surface area (TPSA) is 67.8 Å². The first kappa shape index (κ1) is 12.9. The van der Waals surface area contributed by atoms with Gasteiger partial charge in [0.1, 0.15) is 16.2 Å². The number of aromatic nitrogens is 3. The number of hydrogen-bond donors (Lipinski definition) is 1. The highest BCUT2D eigenvalue weighted by atomic mass is 32.1. The van der Waals surface area contributed by atoms with Gasteiger partial charge in [-0.3, -0.25) is 10.1 Å². The predicted octanol–water partition coefficient (Wildman–Crippen LogP) is 3.22. The summed E-state index contributed by atoms with van der Waals surface area (Å²) in [7, 11) is 0. The third-order valence-electron chi connectivity index (χ3n) is 2.62. The van der Waals surface area contributed by atoms with Crippen molar-refractivity contribution in [2.24, 2.45) is 0 Å². The Kier molecular flexibility index (Phi) is 3.53. The lowest BCUT2D eigenvalue weighted by Gasteiger charge is -1.98. The molecule has 2 heterocycles. The molecule has 20 heavy (non-hydrogen) atoms. The molecule has 1 aromatic carbocycles. The van der Waals surface area contributed by atoms with E-state index in [1.54, 1.807) is 10.9 Å². The van der Waals surface area contributed by atoms with Crippen molar-refractivity contribution in [2.45, 2.75) is 6.92 Å². The molecule has 3 aromatic rings. The zero-order valence-corrected chi connectivity index (χ0v) is 12.2. The Hall–Kier alpha value is -2.12. The maximum Gasteiger partial charge on any atom is 0.276 e. The Bertz CT molecular complexity index is 719. The number of aryl methyl sites for hydroxylation is 1. The maximum atomic E-state index is 12.0. The van der Waals surface area contributed by atoms with Crippen LogP contribution in [0.4, 0.5) is 5.13 Å². The number of nitrogens with zero attached hydrogens (tertiary/aromatic N) is 3. The molecule has 7 heteroatoms. The van der Waals surface area contributed by atoms with Crippen LogP contribution >= 0.6 is 22.7 Å². The van der Waals surface area contributed by atoms with Crippen molar-refractivity contribution >= 4 is 33.7 Å². The molecule has 0 saturated heterocycles. The summed E-state index contributed by atoms with van der Waals surface area (Å²) in [6.45, 7) is 2.03. The van der Waals surface area contributed by atoms with Gasteiger partial charge in [0.05, 0.1) is 0 Å². The van der Waals surface area contributed by atoms with Crippen LogP contribution in [0, 0.1) is 6.92 Å². The van der Waals surface area contributed by atoms with Crippen LogP contribution in [0.25, 0.3) is 10.6 Å². The minimum atomic E-state index is -0.267. The second kappa shape index (κ2) is 5.48. The highest BCUT2D eigenvalue weighted by Gasteiger charge is 2.13. The Labute approximate surface area is 123 Å². The van der Waals surface area contributed by atoms with E-state index in [1.165, 1.54) is 28.2 Å². The van der Waals surface area contributed by atoms with Gasteiger partial charge in [0.2, 0.25) is 5.13 Å². The van der Waals surface area contributed by atoms with Crippen molar-refractivity contribution < 1.29 is 4.79 Å². The van der Waals surface area contributed by atoms with Gasteiger partial charge in [0, 0.05) is 10.9 Å². The molecular weight excluding hydrogens is 292 g/mol. The highest BCUT2D eigenvalue weighted by Crippen LogP contribution is 2.24. The molecule has 0 aliphatic rings. The fourth-order valence-corrected chi connectivity index (χ4v) is 2.84. The normalized spacial score (nSPS) is 10.4. The fourth-order valence-electron chi connectivity index (χ4n) is 1.60. The molecule has 0 saturated carbocycles. The monoisotopic (exact) mass is 302 g/mol. The molecule has 3 rings (SSSR count). The molecule has 1 N–H and O–H groups in total. The van der Waals surface area contributed by atoms with Gasteiger partial charge in [-0.05, 0) is 6.92 Å². The second-order valence-electron chi connectivity index (χ2n) is 4.10. The maximum absolute atomic E-state index is 12.0. The molecular formula is C13H10N4OS2. The van der Waals surface area contributed by atoms with Gasteiger partial charge in [0.15, 0.2) is 0 Å². The van der Waals surface area contributed by atoms with Crippen LogP contribution in [0.2, 0.25) is 0 Å². The van der Waals surface area contributed by atoms with E-state index in [9.17, 15) is 4.79 Å². The molecule has 0 radical (unpaired) electrons. The number of nitrogens with one attached hydrogen (secondary N) is 1. The molecule has 0 aliphatic carbocycles. The molecule has 100 valence electrons. The largest absolute Gasteiger partial charge is 0.295 e. The number of benzene rings is 1. The molecule has 0 fully saturated rings. The van der Waals surface area contributed by atoms with E-state index in [2.05, 4.69) is 20.5 Å². The third kappa shape index (κ3) is 2.73. The summed E-state index contributed by atoms with van der Waals surface area (Å²) in [6, 6.07) is 8.05. The summed E-state index contributed by atoms with van der Waals surface area (Å²) in [4.78, 5) is 16.3. The summed E-state index contributed by atoms with van der Waals surface area (Å²) in [5.74, 6) is -0.267. The summed E-state index contributed by atoms with van der Waals surface area (Å²) < 4.78 is 0. The average molecular weight is 302 g/mol. The van der Waals surface area contributed by atoms with Crippen LogP contribution in [0.1, 0.15) is 16.1 Å². The third-order valence-corrected chi connectivity index (χ3v) is 4.11. The van der Waals surface area contributed by atoms with Gasteiger partial charge in [-0.2, -0.15) is 0 Å². The Balaban J connectivity index is 1.79. The molecule has 2 aromatic heterocycles. The second-order valence-corrected chi connectivity index (χ2v) is 5.79. The van der Waals surface area contributed by atoms with Crippen LogP contribution in [0.3, 0.4) is 0 Å². The highest BCUT2D eigenvalue weighted by molar-refractivity contribution is 7.14. The number of thiazole rings is 1. The first-order valence-corrected chi connectivity index (χ1v) is 7.58. The number of anilines is 1. The standard InChI is InChI=1S/C13H10N4OS2/c1-8-2-4-9(5-3-8)12-15-10(6-19-12)11(18)16-13-17-14-7-20-13/h2-7H,1H3,(H,16,17,18). The Morgan fingerprint density at radius 3 is 2.70 bits per heavy atom. The minimum Gasteiger partial charge on any atom is -0.295 e. The number of carbonyl (C=O) groups excluding carboxylic acids is 1. The fraction of sp³-hybridized carbons (Fsp3) is 0.0769. The lowest BCUT2D eigenvalue weighted by atomic mass is 10.2. The molecule has 0 atom stereocenters. The number of carbonyl (C=O) groups is 1. The van der Waals surface area contributed by atoms with Crippen LogP contribution < -0.4 is 5.32 Å².